The second-order valence-corrected chi connectivity index (χ2v) is 5.54. The van der Waals surface area contributed by atoms with Gasteiger partial charge in [0.25, 0.3) is 5.89 Å². The van der Waals surface area contributed by atoms with Gasteiger partial charge in [-0.1, -0.05) is 18.0 Å². The van der Waals surface area contributed by atoms with Crippen molar-refractivity contribution in [3.63, 3.8) is 0 Å². The average Bonchev–Trinajstić information content (AvgIpc) is 3.16. The fourth-order valence-electron chi connectivity index (χ4n) is 2.84. The van der Waals surface area contributed by atoms with E-state index in [9.17, 15) is 5.11 Å². The highest BCUT2D eigenvalue weighted by molar-refractivity contribution is 5.68. The van der Waals surface area contributed by atoms with Gasteiger partial charge < -0.3 is 14.9 Å². The predicted molar refractivity (Wildman–Crippen MR) is 78.7 cm³/mol. The van der Waals surface area contributed by atoms with Gasteiger partial charge in [-0.2, -0.15) is 4.98 Å². The molecule has 0 unspecified atom stereocenters. The molecule has 0 bridgehead atoms. The first kappa shape index (κ1) is 14.0. The number of rotatable bonds is 5. The Kier molecular flexibility index (Phi) is 4.15. The molecule has 2 N–H and O–H groups in total. The van der Waals surface area contributed by atoms with Crippen molar-refractivity contribution in [1.29, 1.82) is 0 Å². The van der Waals surface area contributed by atoms with E-state index in [1.165, 1.54) is 12.8 Å². The monoisotopic (exact) mass is 288 g/mol. The lowest BCUT2D eigenvalue weighted by Gasteiger charge is -2.18. The number of nitrogens with one attached hydrogen (secondary N) is 1. The standard InChI is InChI=1S/C15H20N4O2/c1-10-18-15(21-19-10)12-7-4-8-16-14(12)17-9-13(20)11-5-2-3-6-11/h4,7-8,11,13,20H,2-3,5-6,9H2,1H3,(H,16,17)/t13-/m1/s1. The van der Waals surface area contributed by atoms with Crippen LogP contribution >= 0.6 is 0 Å². The lowest BCUT2D eigenvalue weighted by atomic mass is 10.0. The lowest BCUT2D eigenvalue weighted by molar-refractivity contribution is 0.123. The highest BCUT2D eigenvalue weighted by atomic mass is 16.5. The van der Waals surface area contributed by atoms with E-state index in [2.05, 4.69) is 20.4 Å². The molecular weight excluding hydrogens is 268 g/mol. The second-order valence-electron chi connectivity index (χ2n) is 5.54. The minimum atomic E-state index is -0.341. The van der Waals surface area contributed by atoms with Gasteiger partial charge >= 0.3 is 0 Å². The van der Waals surface area contributed by atoms with Gasteiger partial charge in [-0.15, -0.1) is 0 Å². The number of aliphatic hydroxyl groups excluding tert-OH is 1. The normalized spacial score (nSPS) is 17.0. The maximum Gasteiger partial charge on any atom is 0.261 e. The Morgan fingerprint density at radius 1 is 1.43 bits per heavy atom. The number of pyridine rings is 1. The van der Waals surface area contributed by atoms with Crippen molar-refractivity contribution in [3.8, 4) is 11.5 Å². The van der Waals surface area contributed by atoms with E-state index in [-0.39, 0.29) is 6.10 Å². The van der Waals surface area contributed by atoms with Crippen LogP contribution in [-0.2, 0) is 0 Å². The summed E-state index contributed by atoms with van der Waals surface area (Å²) in [6.45, 7) is 2.27. The topological polar surface area (TPSA) is 84.1 Å². The van der Waals surface area contributed by atoms with Crippen molar-refractivity contribution < 1.29 is 9.63 Å². The maximum absolute atomic E-state index is 10.2. The number of anilines is 1. The maximum atomic E-state index is 10.2. The Labute approximate surface area is 123 Å². The predicted octanol–water partition coefficient (Wildman–Crippen LogP) is 2.40. The molecule has 21 heavy (non-hydrogen) atoms. The van der Waals surface area contributed by atoms with Crippen LogP contribution in [0.2, 0.25) is 0 Å². The summed E-state index contributed by atoms with van der Waals surface area (Å²) >= 11 is 0. The summed E-state index contributed by atoms with van der Waals surface area (Å²) in [5, 5.41) is 17.2. The minimum absolute atomic E-state index is 0.341. The zero-order valence-corrected chi connectivity index (χ0v) is 12.1. The van der Waals surface area contributed by atoms with Crippen LogP contribution in [0.3, 0.4) is 0 Å². The molecule has 6 heteroatoms. The summed E-state index contributed by atoms with van der Waals surface area (Å²) < 4.78 is 5.19. The lowest BCUT2D eigenvalue weighted by Crippen LogP contribution is -2.27. The number of nitrogens with zero attached hydrogens (tertiary/aromatic N) is 3. The molecule has 2 aromatic heterocycles. The van der Waals surface area contributed by atoms with E-state index in [0.717, 1.165) is 18.4 Å². The van der Waals surface area contributed by atoms with Crippen molar-refractivity contribution >= 4 is 5.82 Å². The zero-order valence-electron chi connectivity index (χ0n) is 12.1. The molecule has 0 saturated heterocycles. The van der Waals surface area contributed by atoms with Gasteiger partial charge in [0, 0.05) is 12.7 Å². The van der Waals surface area contributed by atoms with Gasteiger partial charge in [0.05, 0.1) is 11.7 Å². The minimum Gasteiger partial charge on any atom is -0.391 e. The highest BCUT2D eigenvalue weighted by Gasteiger charge is 2.23. The summed E-state index contributed by atoms with van der Waals surface area (Å²) in [5.74, 6) is 2.10. The molecule has 1 fully saturated rings. The number of aromatic nitrogens is 3. The summed E-state index contributed by atoms with van der Waals surface area (Å²) in [6, 6.07) is 3.71. The van der Waals surface area contributed by atoms with E-state index in [0.29, 0.717) is 30.0 Å². The number of aliphatic hydroxyl groups is 1. The second kappa shape index (κ2) is 6.22. The first-order chi connectivity index (χ1) is 10.2. The van der Waals surface area contributed by atoms with Gasteiger partial charge in [0.1, 0.15) is 5.82 Å². The van der Waals surface area contributed by atoms with Crippen LogP contribution in [0.25, 0.3) is 11.5 Å². The van der Waals surface area contributed by atoms with Gasteiger partial charge in [-0.25, -0.2) is 4.98 Å². The van der Waals surface area contributed by atoms with Crippen LogP contribution < -0.4 is 5.32 Å². The van der Waals surface area contributed by atoms with Gasteiger partial charge in [0.15, 0.2) is 5.82 Å². The molecule has 0 aliphatic heterocycles. The zero-order chi connectivity index (χ0) is 14.7. The van der Waals surface area contributed by atoms with Gasteiger partial charge in [0.2, 0.25) is 0 Å². The Bertz CT molecular complexity index is 593. The van der Waals surface area contributed by atoms with Crippen LogP contribution in [0.1, 0.15) is 31.5 Å². The molecule has 1 atom stereocenters. The van der Waals surface area contributed by atoms with Crippen molar-refractivity contribution in [3.05, 3.63) is 24.2 Å². The van der Waals surface area contributed by atoms with Crippen molar-refractivity contribution in [2.24, 2.45) is 5.92 Å². The number of hydrogen-bond acceptors (Lipinski definition) is 6. The number of aryl methyl sites for hydroxylation is 1. The summed E-state index contributed by atoms with van der Waals surface area (Å²) in [7, 11) is 0. The summed E-state index contributed by atoms with van der Waals surface area (Å²) in [4.78, 5) is 8.54. The summed E-state index contributed by atoms with van der Waals surface area (Å²) in [5.41, 5.74) is 0.761. The van der Waals surface area contributed by atoms with E-state index < -0.39 is 0 Å². The third kappa shape index (κ3) is 3.21. The van der Waals surface area contributed by atoms with Crippen LogP contribution in [0.4, 0.5) is 5.82 Å². The molecule has 0 spiro atoms. The van der Waals surface area contributed by atoms with Crippen molar-refractivity contribution in [1.82, 2.24) is 15.1 Å². The molecule has 0 radical (unpaired) electrons. The summed E-state index contributed by atoms with van der Waals surface area (Å²) in [6.07, 6.45) is 6.03. The molecule has 3 rings (SSSR count). The van der Waals surface area contributed by atoms with Crippen molar-refractivity contribution in [2.45, 2.75) is 38.7 Å². The number of hydrogen-bond donors (Lipinski definition) is 2. The van der Waals surface area contributed by atoms with E-state index >= 15 is 0 Å². The molecule has 1 aliphatic rings. The Morgan fingerprint density at radius 2 is 2.24 bits per heavy atom. The van der Waals surface area contributed by atoms with Crippen LogP contribution in [-0.4, -0.2) is 32.9 Å². The Hall–Kier alpha value is -1.95. The Balaban J connectivity index is 1.70. The van der Waals surface area contributed by atoms with Crippen LogP contribution in [0, 0.1) is 12.8 Å². The molecule has 1 saturated carbocycles. The van der Waals surface area contributed by atoms with E-state index in [1.54, 1.807) is 13.1 Å². The molecule has 112 valence electrons. The SMILES string of the molecule is Cc1noc(-c2cccnc2NC[C@@H](O)C2CCCC2)n1. The Morgan fingerprint density at radius 3 is 2.95 bits per heavy atom. The average molecular weight is 288 g/mol. The molecule has 1 aliphatic carbocycles. The third-order valence-corrected chi connectivity index (χ3v) is 3.99. The molecule has 2 aromatic rings. The van der Waals surface area contributed by atoms with Gasteiger partial charge in [-0.05, 0) is 37.8 Å². The quantitative estimate of drug-likeness (QED) is 0.879. The fraction of sp³-hybridized carbons (Fsp3) is 0.533. The molecule has 0 amide bonds. The molecular formula is C15H20N4O2. The van der Waals surface area contributed by atoms with Crippen LogP contribution in [0.15, 0.2) is 22.9 Å². The highest BCUT2D eigenvalue weighted by Crippen LogP contribution is 2.29. The van der Waals surface area contributed by atoms with Crippen molar-refractivity contribution in [2.75, 3.05) is 11.9 Å². The van der Waals surface area contributed by atoms with E-state index in [4.69, 9.17) is 4.52 Å². The largest absolute Gasteiger partial charge is 0.391 e. The third-order valence-electron chi connectivity index (χ3n) is 3.99. The molecule has 0 aromatic carbocycles. The first-order valence-electron chi connectivity index (χ1n) is 7.41. The van der Waals surface area contributed by atoms with Crippen LogP contribution in [0.5, 0.6) is 0 Å². The molecule has 2 heterocycles. The smallest absolute Gasteiger partial charge is 0.261 e. The first-order valence-corrected chi connectivity index (χ1v) is 7.41. The van der Waals surface area contributed by atoms with Gasteiger partial charge in [-0.3, -0.25) is 0 Å². The molecule has 6 nitrogen and oxygen atoms in total. The van der Waals surface area contributed by atoms with E-state index in [1.807, 2.05) is 12.1 Å². The fourth-order valence-corrected chi connectivity index (χ4v) is 2.84.